The van der Waals surface area contributed by atoms with Crippen LogP contribution in [0.15, 0.2) is 36.4 Å². The smallest absolute Gasteiger partial charge is 0.338 e. The molecule has 5 heteroatoms. The van der Waals surface area contributed by atoms with Gasteiger partial charge in [-0.2, -0.15) is 0 Å². The maximum absolute atomic E-state index is 14.6. The van der Waals surface area contributed by atoms with Crippen LogP contribution in [0.3, 0.4) is 0 Å². The first-order valence-electron chi connectivity index (χ1n) is 10.3. The summed E-state index contributed by atoms with van der Waals surface area (Å²) in [4.78, 5) is 16.7. The predicted molar refractivity (Wildman–Crippen MR) is 112 cm³/mol. The van der Waals surface area contributed by atoms with E-state index in [4.69, 9.17) is 4.74 Å². The van der Waals surface area contributed by atoms with Crippen LogP contribution in [0.4, 0.5) is 4.39 Å². The quantitative estimate of drug-likeness (QED) is 0.733. The summed E-state index contributed by atoms with van der Waals surface area (Å²) in [5.74, 6) is -0.0661. The number of nitrogens with zero attached hydrogens (tertiary/aromatic N) is 2. The van der Waals surface area contributed by atoms with Crippen LogP contribution in [0.5, 0.6) is 0 Å². The lowest BCUT2D eigenvalue weighted by molar-refractivity contribution is 0.0600. The number of hydrogen-bond acceptors (Lipinski definition) is 4. The zero-order chi connectivity index (χ0) is 20.7. The fraction of sp³-hybridized carbons (Fsp3) is 0.458. The standard InChI is InChI=1S/C24H29FN2O2/c1-15-12-17(8-10-18(15)24(28)29-4)19-13-27(14-22(19)26(2)3)21-11-9-16-6-5-7-20(25)23(16)21/h5-8,10,12,19,21-22H,9,11,13-14H2,1-4H3/t19-,21?,22+/m1/s1. The molecule has 3 atom stereocenters. The second-order valence-electron chi connectivity index (χ2n) is 8.52. The molecule has 1 fully saturated rings. The fourth-order valence-corrected chi connectivity index (χ4v) is 5.15. The third-order valence-electron chi connectivity index (χ3n) is 6.67. The molecule has 0 aromatic heterocycles. The van der Waals surface area contributed by atoms with Crippen molar-refractivity contribution in [2.75, 3.05) is 34.3 Å². The van der Waals surface area contributed by atoms with E-state index in [-0.39, 0.29) is 17.8 Å². The van der Waals surface area contributed by atoms with Gasteiger partial charge in [0.15, 0.2) is 0 Å². The lowest BCUT2D eigenvalue weighted by atomic mass is 9.91. The number of likely N-dealkylation sites (N-methyl/N-ethyl adjacent to an activating group) is 1. The molecule has 154 valence electrons. The molecule has 1 aliphatic heterocycles. The molecule has 0 amide bonds. The van der Waals surface area contributed by atoms with Crippen LogP contribution in [-0.4, -0.2) is 56.1 Å². The summed E-state index contributed by atoms with van der Waals surface area (Å²) in [6.07, 6.45) is 1.92. The predicted octanol–water partition coefficient (Wildman–Crippen LogP) is 3.94. The van der Waals surface area contributed by atoms with Gasteiger partial charge in [-0.25, -0.2) is 9.18 Å². The first kappa shape index (κ1) is 20.0. The van der Waals surface area contributed by atoms with Gasteiger partial charge in [0.25, 0.3) is 0 Å². The molecule has 4 nitrogen and oxygen atoms in total. The molecule has 1 heterocycles. The highest BCUT2D eigenvalue weighted by molar-refractivity contribution is 5.91. The maximum atomic E-state index is 14.6. The third-order valence-corrected chi connectivity index (χ3v) is 6.67. The molecule has 1 saturated heterocycles. The number of carbonyl (C=O) groups excluding carboxylic acids is 1. The number of halogens is 1. The third kappa shape index (κ3) is 3.58. The van der Waals surface area contributed by atoms with E-state index in [9.17, 15) is 9.18 Å². The van der Waals surface area contributed by atoms with E-state index in [1.54, 1.807) is 6.07 Å². The molecule has 0 spiro atoms. The average molecular weight is 397 g/mol. The molecule has 4 rings (SSSR count). The van der Waals surface area contributed by atoms with Crippen LogP contribution < -0.4 is 0 Å². The van der Waals surface area contributed by atoms with Gasteiger partial charge < -0.3 is 9.64 Å². The molecule has 2 aliphatic rings. The van der Waals surface area contributed by atoms with E-state index in [1.165, 1.54) is 12.7 Å². The van der Waals surface area contributed by atoms with Crippen molar-refractivity contribution in [3.8, 4) is 0 Å². The maximum Gasteiger partial charge on any atom is 0.338 e. The Balaban J connectivity index is 1.63. The summed E-state index contributed by atoms with van der Waals surface area (Å²) in [5, 5.41) is 0. The highest BCUT2D eigenvalue weighted by Gasteiger charge is 2.41. The average Bonchev–Trinajstić information content (AvgIpc) is 3.32. The monoisotopic (exact) mass is 396 g/mol. The number of ether oxygens (including phenoxy) is 1. The largest absolute Gasteiger partial charge is 0.465 e. The van der Waals surface area contributed by atoms with E-state index >= 15 is 0 Å². The summed E-state index contributed by atoms with van der Waals surface area (Å²) in [5.41, 5.74) is 4.81. The molecule has 1 unspecified atom stereocenters. The highest BCUT2D eigenvalue weighted by atomic mass is 19.1. The minimum Gasteiger partial charge on any atom is -0.465 e. The Morgan fingerprint density at radius 3 is 2.69 bits per heavy atom. The molecular weight excluding hydrogens is 367 g/mol. The van der Waals surface area contributed by atoms with Crippen LogP contribution in [0.1, 0.15) is 51.0 Å². The van der Waals surface area contributed by atoms with Gasteiger partial charge in [0.1, 0.15) is 5.82 Å². The zero-order valence-electron chi connectivity index (χ0n) is 17.6. The van der Waals surface area contributed by atoms with Crippen molar-refractivity contribution in [3.63, 3.8) is 0 Å². The number of hydrogen-bond donors (Lipinski definition) is 0. The van der Waals surface area contributed by atoms with Crippen molar-refractivity contribution in [2.45, 2.75) is 37.8 Å². The fourth-order valence-electron chi connectivity index (χ4n) is 5.15. The summed E-state index contributed by atoms with van der Waals surface area (Å²) < 4.78 is 19.5. The molecule has 1 aliphatic carbocycles. The molecule has 0 saturated carbocycles. The summed E-state index contributed by atoms with van der Waals surface area (Å²) in [6, 6.07) is 12.0. The van der Waals surface area contributed by atoms with Gasteiger partial charge in [-0.05, 0) is 62.7 Å². The number of benzene rings is 2. The van der Waals surface area contributed by atoms with Crippen LogP contribution in [0.25, 0.3) is 0 Å². The SMILES string of the molecule is COC(=O)c1ccc([C@H]2CN(C3CCc4cccc(F)c43)C[C@@H]2N(C)C)cc1C. The Morgan fingerprint density at radius 1 is 1.21 bits per heavy atom. The Labute approximate surface area is 172 Å². The zero-order valence-corrected chi connectivity index (χ0v) is 17.6. The number of likely N-dealkylation sites (tertiary alicyclic amines) is 1. The van der Waals surface area contributed by atoms with Gasteiger partial charge in [-0.1, -0.05) is 24.3 Å². The first-order chi connectivity index (χ1) is 13.9. The molecule has 29 heavy (non-hydrogen) atoms. The molecule has 0 N–H and O–H groups in total. The molecule has 0 bridgehead atoms. The van der Waals surface area contributed by atoms with E-state index in [1.807, 2.05) is 25.1 Å². The molecule has 2 aromatic carbocycles. The number of methoxy groups -OCH3 is 1. The van der Waals surface area contributed by atoms with Crippen molar-refractivity contribution in [2.24, 2.45) is 0 Å². The van der Waals surface area contributed by atoms with Crippen LogP contribution in [0.2, 0.25) is 0 Å². The number of aryl methyl sites for hydroxylation is 2. The van der Waals surface area contributed by atoms with E-state index in [2.05, 4.69) is 36.0 Å². The summed E-state index contributed by atoms with van der Waals surface area (Å²) >= 11 is 0. The van der Waals surface area contributed by atoms with Gasteiger partial charge in [0, 0.05) is 36.7 Å². The lowest BCUT2D eigenvalue weighted by Crippen LogP contribution is -2.35. The molecular formula is C24H29FN2O2. The number of carbonyl (C=O) groups is 1. The van der Waals surface area contributed by atoms with Crippen molar-refractivity contribution in [1.82, 2.24) is 9.80 Å². The van der Waals surface area contributed by atoms with Gasteiger partial charge in [-0.3, -0.25) is 4.90 Å². The Morgan fingerprint density at radius 2 is 2.00 bits per heavy atom. The first-order valence-corrected chi connectivity index (χ1v) is 10.3. The van der Waals surface area contributed by atoms with Crippen LogP contribution >= 0.6 is 0 Å². The van der Waals surface area contributed by atoms with Crippen molar-refractivity contribution < 1.29 is 13.9 Å². The van der Waals surface area contributed by atoms with Gasteiger partial charge in [0.2, 0.25) is 0 Å². The number of fused-ring (bicyclic) bond motifs is 1. The van der Waals surface area contributed by atoms with Crippen LogP contribution in [0, 0.1) is 12.7 Å². The van der Waals surface area contributed by atoms with Gasteiger partial charge in [-0.15, -0.1) is 0 Å². The lowest BCUT2D eigenvalue weighted by Gasteiger charge is -2.26. The van der Waals surface area contributed by atoms with Gasteiger partial charge >= 0.3 is 5.97 Å². The minimum atomic E-state index is -0.302. The van der Waals surface area contributed by atoms with E-state index < -0.39 is 0 Å². The molecule has 0 radical (unpaired) electrons. The summed E-state index contributed by atoms with van der Waals surface area (Å²) in [7, 11) is 5.63. The van der Waals surface area contributed by atoms with Crippen molar-refractivity contribution in [1.29, 1.82) is 0 Å². The highest BCUT2D eigenvalue weighted by Crippen LogP contribution is 2.42. The number of esters is 1. The van der Waals surface area contributed by atoms with E-state index in [0.29, 0.717) is 17.5 Å². The van der Waals surface area contributed by atoms with Crippen LogP contribution in [-0.2, 0) is 11.2 Å². The van der Waals surface area contributed by atoms with Gasteiger partial charge in [0.05, 0.1) is 12.7 Å². The minimum absolute atomic E-state index is 0.0758. The Hall–Kier alpha value is -2.24. The Kier molecular flexibility index (Phi) is 5.45. The Bertz CT molecular complexity index is 927. The second-order valence-corrected chi connectivity index (χ2v) is 8.52. The topological polar surface area (TPSA) is 32.8 Å². The van der Waals surface area contributed by atoms with Crippen molar-refractivity contribution >= 4 is 5.97 Å². The van der Waals surface area contributed by atoms with Crippen molar-refractivity contribution in [3.05, 3.63) is 70.0 Å². The normalized spacial score (nSPS) is 24.1. The summed E-state index contributed by atoms with van der Waals surface area (Å²) in [6.45, 7) is 3.75. The number of rotatable bonds is 4. The molecule has 2 aromatic rings. The van der Waals surface area contributed by atoms with E-state index in [0.717, 1.165) is 42.6 Å². The second kappa shape index (κ2) is 7.88.